The molecule has 1 rings (SSSR count). The standard InChI is InChI=1S/C15H25N3O/c1-5-18(6-2)15(16)17-11-13-8-9-14(19-7-3)12(4)10-13/h8-10H,5-7,11H2,1-4H3,(H2,16,17). The van der Waals surface area contributed by atoms with Gasteiger partial charge in [-0.05, 0) is 44.9 Å². The summed E-state index contributed by atoms with van der Waals surface area (Å²) in [5.74, 6) is 1.54. The van der Waals surface area contributed by atoms with E-state index in [1.807, 2.05) is 30.9 Å². The number of aryl methyl sites for hydroxylation is 1. The lowest BCUT2D eigenvalue weighted by molar-refractivity contribution is 0.338. The van der Waals surface area contributed by atoms with Gasteiger partial charge in [0.15, 0.2) is 5.96 Å². The minimum absolute atomic E-state index is 0.607. The molecular formula is C15H25N3O. The van der Waals surface area contributed by atoms with E-state index in [1.54, 1.807) is 0 Å². The van der Waals surface area contributed by atoms with Crippen molar-refractivity contribution in [2.75, 3.05) is 19.7 Å². The maximum atomic E-state index is 5.95. The number of ether oxygens (including phenoxy) is 1. The second-order valence-corrected chi connectivity index (χ2v) is 4.38. The van der Waals surface area contributed by atoms with E-state index in [2.05, 4.69) is 24.9 Å². The molecule has 19 heavy (non-hydrogen) atoms. The van der Waals surface area contributed by atoms with Crippen molar-refractivity contribution in [1.82, 2.24) is 4.90 Å². The molecule has 0 aliphatic rings. The van der Waals surface area contributed by atoms with Gasteiger partial charge in [0.25, 0.3) is 0 Å². The van der Waals surface area contributed by atoms with E-state index in [0.29, 0.717) is 19.1 Å². The van der Waals surface area contributed by atoms with Crippen molar-refractivity contribution in [3.8, 4) is 5.75 Å². The van der Waals surface area contributed by atoms with Crippen LogP contribution in [0, 0.1) is 6.92 Å². The minimum Gasteiger partial charge on any atom is -0.494 e. The molecule has 0 unspecified atom stereocenters. The van der Waals surface area contributed by atoms with Gasteiger partial charge in [-0.15, -0.1) is 0 Å². The van der Waals surface area contributed by atoms with Gasteiger partial charge in [-0.1, -0.05) is 12.1 Å². The fourth-order valence-corrected chi connectivity index (χ4v) is 1.95. The molecule has 0 bridgehead atoms. The number of aliphatic imine (C=N–C) groups is 1. The Morgan fingerprint density at radius 3 is 2.47 bits per heavy atom. The maximum absolute atomic E-state index is 5.95. The van der Waals surface area contributed by atoms with Crippen LogP contribution in [0.15, 0.2) is 23.2 Å². The number of rotatable bonds is 6. The molecule has 0 saturated heterocycles. The highest BCUT2D eigenvalue weighted by atomic mass is 16.5. The number of nitrogens with two attached hydrogens (primary N) is 1. The zero-order chi connectivity index (χ0) is 14.3. The van der Waals surface area contributed by atoms with Gasteiger partial charge in [0.1, 0.15) is 5.75 Å². The van der Waals surface area contributed by atoms with Crippen LogP contribution in [0.3, 0.4) is 0 Å². The van der Waals surface area contributed by atoms with Crippen LogP contribution in [0.2, 0.25) is 0 Å². The maximum Gasteiger partial charge on any atom is 0.191 e. The third kappa shape index (κ3) is 4.47. The lowest BCUT2D eigenvalue weighted by Gasteiger charge is -2.19. The van der Waals surface area contributed by atoms with Crippen molar-refractivity contribution >= 4 is 5.96 Å². The Hall–Kier alpha value is -1.71. The molecular weight excluding hydrogens is 238 g/mol. The summed E-state index contributed by atoms with van der Waals surface area (Å²) in [6.07, 6.45) is 0. The van der Waals surface area contributed by atoms with E-state index in [-0.39, 0.29) is 0 Å². The molecule has 2 N–H and O–H groups in total. The Morgan fingerprint density at radius 1 is 1.26 bits per heavy atom. The molecule has 0 aliphatic heterocycles. The molecule has 1 aromatic carbocycles. The molecule has 0 spiro atoms. The Bertz CT molecular complexity index is 425. The lowest BCUT2D eigenvalue weighted by atomic mass is 10.1. The SMILES string of the molecule is CCOc1ccc(CN=C(N)N(CC)CC)cc1C. The van der Waals surface area contributed by atoms with E-state index in [1.165, 1.54) is 0 Å². The average molecular weight is 263 g/mol. The predicted octanol–water partition coefficient (Wildman–Crippen LogP) is 2.55. The first-order valence-corrected chi connectivity index (χ1v) is 6.89. The summed E-state index contributed by atoms with van der Waals surface area (Å²) in [5, 5.41) is 0. The Labute approximate surface area is 116 Å². The molecule has 106 valence electrons. The number of hydrogen-bond acceptors (Lipinski definition) is 2. The molecule has 0 saturated carbocycles. The van der Waals surface area contributed by atoms with Crippen molar-refractivity contribution in [2.24, 2.45) is 10.7 Å². The highest BCUT2D eigenvalue weighted by Crippen LogP contribution is 2.19. The first-order valence-electron chi connectivity index (χ1n) is 6.89. The minimum atomic E-state index is 0.607. The fraction of sp³-hybridized carbons (Fsp3) is 0.533. The fourth-order valence-electron chi connectivity index (χ4n) is 1.95. The second kappa shape index (κ2) is 7.67. The molecule has 1 aromatic rings. The summed E-state index contributed by atoms with van der Waals surface area (Å²) >= 11 is 0. The molecule has 0 aromatic heterocycles. The Balaban J connectivity index is 2.72. The topological polar surface area (TPSA) is 50.9 Å². The van der Waals surface area contributed by atoms with Crippen LogP contribution in [0.4, 0.5) is 0 Å². The van der Waals surface area contributed by atoms with Gasteiger partial charge < -0.3 is 15.4 Å². The van der Waals surface area contributed by atoms with Gasteiger partial charge in [0.2, 0.25) is 0 Å². The zero-order valence-electron chi connectivity index (χ0n) is 12.4. The molecule has 0 amide bonds. The van der Waals surface area contributed by atoms with Gasteiger partial charge in [0.05, 0.1) is 13.2 Å². The van der Waals surface area contributed by atoms with Crippen LogP contribution in [0.1, 0.15) is 31.9 Å². The van der Waals surface area contributed by atoms with E-state index in [0.717, 1.165) is 30.0 Å². The van der Waals surface area contributed by atoms with Crippen molar-refractivity contribution in [3.05, 3.63) is 29.3 Å². The number of benzene rings is 1. The lowest BCUT2D eigenvalue weighted by Crippen LogP contribution is -2.37. The summed E-state index contributed by atoms with van der Waals surface area (Å²) in [4.78, 5) is 6.48. The quantitative estimate of drug-likeness (QED) is 0.634. The summed E-state index contributed by atoms with van der Waals surface area (Å²) in [5.41, 5.74) is 8.24. The first kappa shape index (κ1) is 15.3. The largest absolute Gasteiger partial charge is 0.494 e. The summed E-state index contributed by atoms with van der Waals surface area (Å²) in [6, 6.07) is 6.14. The van der Waals surface area contributed by atoms with E-state index in [9.17, 15) is 0 Å². The highest BCUT2D eigenvalue weighted by Gasteiger charge is 2.03. The smallest absolute Gasteiger partial charge is 0.191 e. The Morgan fingerprint density at radius 2 is 1.95 bits per heavy atom. The van der Waals surface area contributed by atoms with Gasteiger partial charge in [0, 0.05) is 13.1 Å². The van der Waals surface area contributed by atoms with Gasteiger partial charge in [-0.25, -0.2) is 4.99 Å². The molecule has 0 aliphatic carbocycles. The summed E-state index contributed by atoms with van der Waals surface area (Å²) < 4.78 is 5.52. The van der Waals surface area contributed by atoms with Crippen molar-refractivity contribution in [3.63, 3.8) is 0 Å². The summed E-state index contributed by atoms with van der Waals surface area (Å²) in [6.45, 7) is 11.2. The predicted molar refractivity (Wildman–Crippen MR) is 80.6 cm³/mol. The van der Waals surface area contributed by atoms with Gasteiger partial charge in [-0.3, -0.25) is 0 Å². The monoisotopic (exact) mass is 263 g/mol. The third-order valence-corrected chi connectivity index (χ3v) is 3.05. The van der Waals surface area contributed by atoms with Crippen LogP contribution in [0.25, 0.3) is 0 Å². The van der Waals surface area contributed by atoms with Crippen molar-refractivity contribution in [1.29, 1.82) is 0 Å². The highest BCUT2D eigenvalue weighted by molar-refractivity contribution is 5.78. The van der Waals surface area contributed by atoms with Crippen LogP contribution >= 0.6 is 0 Å². The van der Waals surface area contributed by atoms with Crippen molar-refractivity contribution < 1.29 is 4.74 Å². The van der Waals surface area contributed by atoms with Gasteiger partial charge in [-0.2, -0.15) is 0 Å². The third-order valence-electron chi connectivity index (χ3n) is 3.05. The number of nitrogens with zero attached hydrogens (tertiary/aromatic N) is 2. The normalized spacial score (nSPS) is 11.5. The molecule has 0 fully saturated rings. The van der Waals surface area contributed by atoms with E-state index in [4.69, 9.17) is 10.5 Å². The molecule has 4 nitrogen and oxygen atoms in total. The zero-order valence-corrected chi connectivity index (χ0v) is 12.4. The van der Waals surface area contributed by atoms with Crippen LogP contribution in [-0.2, 0) is 6.54 Å². The van der Waals surface area contributed by atoms with Gasteiger partial charge >= 0.3 is 0 Å². The van der Waals surface area contributed by atoms with E-state index >= 15 is 0 Å². The molecule has 0 radical (unpaired) electrons. The molecule has 4 heteroatoms. The Kier molecular flexibility index (Phi) is 6.19. The van der Waals surface area contributed by atoms with Crippen LogP contribution in [0.5, 0.6) is 5.75 Å². The van der Waals surface area contributed by atoms with Crippen LogP contribution < -0.4 is 10.5 Å². The van der Waals surface area contributed by atoms with E-state index < -0.39 is 0 Å². The first-order chi connectivity index (χ1) is 9.12. The number of guanidine groups is 1. The second-order valence-electron chi connectivity index (χ2n) is 4.38. The molecule has 0 atom stereocenters. The van der Waals surface area contributed by atoms with Crippen LogP contribution in [-0.4, -0.2) is 30.6 Å². The number of hydrogen-bond donors (Lipinski definition) is 1. The van der Waals surface area contributed by atoms with Crippen molar-refractivity contribution in [2.45, 2.75) is 34.2 Å². The summed E-state index contributed by atoms with van der Waals surface area (Å²) in [7, 11) is 0. The average Bonchev–Trinajstić information content (AvgIpc) is 2.41. The molecule has 0 heterocycles.